The maximum Gasteiger partial charge on any atom is 0.254 e. The number of amides is 1. The number of carbonyl (C=O) groups excluding carboxylic acids is 1. The fourth-order valence-electron chi connectivity index (χ4n) is 2.30. The topological polar surface area (TPSA) is 69.0 Å². The monoisotopic (exact) mass is 354 g/mol. The second-order valence-electron chi connectivity index (χ2n) is 5.99. The van der Waals surface area contributed by atoms with Crippen molar-refractivity contribution in [3.63, 3.8) is 0 Å². The number of hydrogen-bond donors (Lipinski definition) is 1. The van der Waals surface area contributed by atoms with Crippen LogP contribution in [0.4, 0.5) is 4.39 Å². The van der Waals surface area contributed by atoms with Gasteiger partial charge in [0.1, 0.15) is 0 Å². The Hall–Kier alpha value is -3.22. The van der Waals surface area contributed by atoms with E-state index in [1.807, 2.05) is 13.8 Å². The smallest absolute Gasteiger partial charge is 0.254 e. The van der Waals surface area contributed by atoms with Crippen LogP contribution in [-0.4, -0.2) is 20.7 Å². The SMILES string of the molecule is CC(C)n1cc(C(=O)NCc2cccnc2Oc2ccccc2F)cn1. The second kappa shape index (κ2) is 7.77. The van der Waals surface area contributed by atoms with Crippen molar-refractivity contribution < 1.29 is 13.9 Å². The number of para-hydroxylation sites is 1. The van der Waals surface area contributed by atoms with E-state index >= 15 is 0 Å². The summed E-state index contributed by atoms with van der Waals surface area (Å²) in [6.45, 7) is 4.16. The Bertz CT molecular complexity index is 908. The third-order valence-electron chi connectivity index (χ3n) is 3.73. The predicted octanol–water partition coefficient (Wildman–Crippen LogP) is 3.72. The van der Waals surface area contributed by atoms with Crippen LogP contribution < -0.4 is 10.1 Å². The number of halogens is 1. The van der Waals surface area contributed by atoms with E-state index in [0.717, 1.165) is 0 Å². The lowest BCUT2D eigenvalue weighted by Crippen LogP contribution is -2.22. The zero-order chi connectivity index (χ0) is 18.5. The largest absolute Gasteiger partial charge is 0.436 e. The maximum absolute atomic E-state index is 13.8. The molecule has 0 saturated carbocycles. The van der Waals surface area contributed by atoms with Crippen molar-refractivity contribution in [2.24, 2.45) is 0 Å². The first-order chi connectivity index (χ1) is 12.5. The van der Waals surface area contributed by atoms with Gasteiger partial charge in [0.05, 0.1) is 11.8 Å². The van der Waals surface area contributed by atoms with Crippen LogP contribution in [0.1, 0.15) is 35.8 Å². The van der Waals surface area contributed by atoms with E-state index < -0.39 is 5.82 Å². The Kier molecular flexibility index (Phi) is 5.26. The molecule has 1 N–H and O–H groups in total. The first-order valence-corrected chi connectivity index (χ1v) is 8.23. The van der Waals surface area contributed by atoms with E-state index in [2.05, 4.69) is 15.4 Å². The van der Waals surface area contributed by atoms with Crippen LogP contribution in [-0.2, 0) is 6.54 Å². The number of nitrogens with zero attached hydrogens (tertiary/aromatic N) is 3. The van der Waals surface area contributed by atoms with Gasteiger partial charge in [0.15, 0.2) is 11.6 Å². The normalized spacial score (nSPS) is 10.8. The highest BCUT2D eigenvalue weighted by Crippen LogP contribution is 2.25. The molecule has 3 aromatic rings. The number of hydrogen-bond acceptors (Lipinski definition) is 4. The van der Waals surface area contributed by atoms with Crippen molar-refractivity contribution in [3.8, 4) is 11.6 Å². The lowest BCUT2D eigenvalue weighted by atomic mass is 10.2. The van der Waals surface area contributed by atoms with Crippen LogP contribution in [0.5, 0.6) is 11.6 Å². The summed E-state index contributed by atoms with van der Waals surface area (Å²) in [4.78, 5) is 16.4. The quantitative estimate of drug-likeness (QED) is 0.732. The molecule has 0 saturated heterocycles. The molecule has 134 valence electrons. The average molecular weight is 354 g/mol. The first-order valence-electron chi connectivity index (χ1n) is 8.23. The Morgan fingerprint density at radius 1 is 1.27 bits per heavy atom. The van der Waals surface area contributed by atoms with Crippen molar-refractivity contribution in [1.29, 1.82) is 0 Å². The van der Waals surface area contributed by atoms with Crippen molar-refractivity contribution in [2.45, 2.75) is 26.4 Å². The Morgan fingerprint density at radius 3 is 2.81 bits per heavy atom. The minimum Gasteiger partial charge on any atom is -0.436 e. The summed E-state index contributed by atoms with van der Waals surface area (Å²) in [5.74, 6) is -0.403. The van der Waals surface area contributed by atoms with Gasteiger partial charge in [0.2, 0.25) is 5.88 Å². The summed E-state index contributed by atoms with van der Waals surface area (Å²) in [5, 5.41) is 6.95. The summed E-state index contributed by atoms with van der Waals surface area (Å²) in [5.41, 5.74) is 1.11. The highest BCUT2D eigenvalue weighted by atomic mass is 19.1. The Morgan fingerprint density at radius 2 is 2.08 bits per heavy atom. The molecule has 0 aliphatic carbocycles. The van der Waals surface area contributed by atoms with E-state index in [4.69, 9.17) is 4.74 Å². The molecule has 2 aromatic heterocycles. The molecule has 1 amide bonds. The van der Waals surface area contributed by atoms with E-state index in [1.54, 1.807) is 41.3 Å². The number of ether oxygens (including phenoxy) is 1. The van der Waals surface area contributed by atoms with Gasteiger partial charge in [0.25, 0.3) is 5.91 Å². The summed E-state index contributed by atoms with van der Waals surface area (Å²) in [6.07, 6.45) is 4.77. The third-order valence-corrected chi connectivity index (χ3v) is 3.73. The minimum atomic E-state index is -0.478. The molecule has 7 heteroatoms. The molecule has 2 heterocycles. The van der Waals surface area contributed by atoms with E-state index in [-0.39, 0.29) is 30.1 Å². The van der Waals surface area contributed by atoms with Crippen LogP contribution in [0.3, 0.4) is 0 Å². The van der Waals surface area contributed by atoms with E-state index in [9.17, 15) is 9.18 Å². The molecule has 0 atom stereocenters. The third kappa shape index (κ3) is 4.05. The van der Waals surface area contributed by atoms with Crippen LogP contribution >= 0.6 is 0 Å². The number of nitrogens with one attached hydrogen (secondary N) is 1. The molecular formula is C19H19FN4O2. The number of carbonyl (C=O) groups is 1. The molecule has 3 rings (SSSR count). The highest BCUT2D eigenvalue weighted by Gasteiger charge is 2.13. The molecule has 26 heavy (non-hydrogen) atoms. The lowest BCUT2D eigenvalue weighted by molar-refractivity contribution is 0.0950. The Balaban J connectivity index is 1.70. The van der Waals surface area contributed by atoms with Crippen LogP contribution in [0.15, 0.2) is 55.0 Å². The van der Waals surface area contributed by atoms with Crippen LogP contribution in [0, 0.1) is 5.82 Å². The fraction of sp³-hybridized carbons (Fsp3) is 0.211. The molecule has 0 radical (unpaired) electrons. The molecule has 0 spiro atoms. The summed E-state index contributed by atoms with van der Waals surface area (Å²) in [7, 11) is 0. The maximum atomic E-state index is 13.8. The number of pyridine rings is 1. The molecular weight excluding hydrogens is 335 g/mol. The molecule has 0 unspecified atom stereocenters. The highest BCUT2D eigenvalue weighted by molar-refractivity contribution is 5.93. The Labute approximate surface area is 150 Å². The molecule has 1 aromatic carbocycles. The van der Waals surface area contributed by atoms with Gasteiger partial charge in [-0.2, -0.15) is 5.10 Å². The van der Waals surface area contributed by atoms with Gasteiger partial charge in [-0.05, 0) is 32.0 Å². The standard InChI is InChI=1S/C19H19FN4O2/c1-13(2)24-12-15(11-23-24)18(25)22-10-14-6-5-9-21-19(14)26-17-8-4-3-7-16(17)20/h3-9,11-13H,10H2,1-2H3,(H,22,25). The van der Waals surface area contributed by atoms with E-state index in [1.165, 1.54) is 18.3 Å². The van der Waals surface area contributed by atoms with Crippen LogP contribution in [0.25, 0.3) is 0 Å². The van der Waals surface area contributed by atoms with Crippen molar-refractivity contribution in [1.82, 2.24) is 20.1 Å². The number of benzene rings is 1. The molecule has 0 aliphatic rings. The zero-order valence-corrected chi connectivity index (χ0v) is 14.5. The van der Waals surface area contributed by atoms with Gasteiger partial charge in [0, 0.05) is 30.5 Å². The van der Waals surface area contributed by atoms with Gasteiger partial charge < -0.3 is 10.1 Å². The summed E-state index contributed by atoms with van der Waals surface area (Å²) >= 11 is 0. The average Bonchev–Trinajstić information content (AvgIpc) is 3.13. The van der Waals surface area contributed by atoms with E-state index in [0.29, 0.717) is 11.1 Å². The van der Waals surface area contributed by atoms with Gasteiger partial charge in [-0.1, -0.05) is 18.2 Å². The lowest BCUT2D eigenvalue weighted by Gasteiger charge is -2.11. The molecule has 0 bridgehead atoms. The van der Waals surface area contributed by atoms with Crippen molar-refractivity contribution in [2.75, 3.05) is 0 Å². The van der Waals surface area contributed by atoms with Crippen molar-refractivity contribution in [3.05, 3.63) is 71.9 Å². The molecule has 0 aliphatic heterocycles. The minimum absolute atomic E-state index is 0.0805. The van der Waals surface area contributed by atoms with Gasteiger partial charge >= 0.3 is 0 Å². The van der Waals surface area contributed by atoms with Gasteiger partial charge in [-0.3, -0.25) is 9.48 Å². The predicted molar refractivity (Wildman–Crippen MR) is 94.5 cm³/mol. The fourth-order valence-corrected chi connectivity index (χ4v) is 2.30. The zero-order valence-electron chi connectivity index (χ0n) is 14.5. The first kappa shape index (κ1) is 17.6. The molecule has 6 nitrogen and oxygen atoms in total. The summed E-state index contributed by atoms with van der Waals surface area (Å²) in [6, 6.07) is 9.76. The second-order valence-corrected chi connectivity index (χ2v) is 5.99. The molecule has 0 fully saturated rings. The van der Waals surface area contributed by atoms with Gasteiger partial charge in [-0.15, -0.1) is 0 Å². The summed E-state index contributed by atoms with van der Waals surface area (Å²) < 4.78 is 21.1. The van der Waals surface area contributed by atoms with Crippen LogP contribution in [0.2, 0.25) is 0 Å². The number of aromatic nitrogens is 3. The number of rotatable bonds is 6. The van der Waals surface area contributed by atoms with Gasteiger partial charge in [-0.25, -0.2) is 9.37 Å². The van der Waals surface area contributed by atoms with Crippen molar-refractivity contribution >= 4 is 5.91 Å².